The summed E-state index contributed by atoms with van der Waals surface area (Å²) in [5.41, 5.74) is 2.82. The minimum absolute atomic E-state index is 0.0233. The fraction of sp³-hybridized carbons (Fsp3) is 0.441. The molecule has 3 aromatic rings. The Morgan fingerprint density at radius 2 is 1.91 bits per heavy atom. The molecule has 0 aliphatic carbocycles. The predicted octanol–water partition coefficient (Wildman–Crippen LogP) is 4.57. The van der Waals surface area contributed by atoms with Gasteiger partial charge in [0, 0.05) is 31.1 Å². The van der Waals surface area contributed by atoms with Crippen molar-refractivity contribution in [2.24, 2.45) is 13.0 Å². The SMILES string of the molecule is CCCCN(C(=O)CN1C[C@H](c2ccc3c(c2)OCO3)[C@@H](C(=O)O)[C@@H]1CCCc1ccccc1OC)c1ccc[n+](C)c1. The van der Waals surface area contributed by atoms with Crippen molar-refractivity contribution in [3.63, 3.8) is 0 Å². The smallest absolute Gasteiger partial charge is 0.308 e. The van der Waals surface area contributed by atoms with E-state index in [2.05, 4.69) is 11.8 Å². The number of unbranched alkanes of at least 4 members (excludes halogenated alkanes) is 1. The van der Waals surface area contributed by atoms with Gasteiger partial charge in [0.25, 0.3) is 0 Å². The Balaban J connectivity index is 1.42. The maximum atomic E-state index is 14.0. The van der Waals surface area contributed by atoms with Crippen LogP contribution in [0.2, 0.25) is 0 Å². The van der Waals surface area contributed by atoms with Gasteiger partial charge >= 0.3 is 5.97 Å². The molecule has 2 aliphatic rings. The second-order valence-electron chi connectivity index (χ2n) is 11.4. The van der Waals surface area contributed by atoms with Gasteiger partial charge in [-0.1, -0.05) is 37.6 Å². The number of amides is 1. The highest BCUT2D eigenvalue weighted by Gasteiger charge is 2.47. The van der Waals surface area contributed by atoms with Crippen LogP contribution in [0.5, 0.6) is 17.2 Å². The van der Waals surface area contributed by atoms with Gasteiger partial charge in [-0.05, 0) is 61.1 Å². The number of anilines is 1. The van der Waals surface area contributed by atoms with Crippen LogP contribution in [0.3, 0.4) is 0 Å². The summed E-state index contributed by atoms with van der Waals surface area (Å²) in [7, 11) is 3.61. The van der Waals surface area contributed by atoms with Crippen molar-refractivity contribution < 1.29 is 33.5 Å². The normalized spacial score (nSPS) is 19.4. The summed E-state index contributed by atoms with van der Waals surface area (Å²) < 4.78 is 18.6. The summed E-state index contributed by atoms with van der Waals surface area (Å²) in [5, 5.41) is 10.6. The first-order chi connectivity index (χ1) is 20.9. The lowest BCUT2D eigenvalue weighted by Gasteiger charge is -2.29. The van der Waals surface area contributed by atoms with E-state index in [0.717, 1.165) is 48.2 Å². The van der Waals surface area contributed by atoms with Crippen molar-refractivity contribution in [2.45, 2.75) is 51.0 Å². The van der Waals surface area contributed by atoms with Gasteiger partial charge in [-0.2, -0.15) is 0 Å². The lowest BCUT2D eigenvalue weighted by Crippen LogP contribution is -2.45. The first-order valence-corrected chi connectivity index (χ1v) is 15.1. The van der Waals surface area contributed by atoms with Crippen LogP contribution in [-0.4, -0.2) is 61.5 Å². The van der Waals surface area contributed by atoms with Crippen molar-refractivity contribution in [2.75, 3.05) is 38.4 Å². The number of hydrogen-bond donors (Lipinski definition) is 1. The second kappa shape index (κ2) is 13.9. The molecular weight excluding hydrogens is 546 g/mol. The molecule has 0 unspecified atom stereocenters. The largest absolute Gasteiger partial charge is 0.496 e. The maximum Gasteiger partial charge on any atom is 0.308 e. The summed E-state index contributed by atoms with van der Waals surface area (Å²) in [6.07, 6.45) is 7.90. The van der Waals surface area contributed by atoms with Crippen LogP contribution in [-0.2, 0) is 23.1 Å². The molecule has 9 nitrogen and oxygen atoms in total. The van der Waals surface area contributed by atoms with E-state index >= 15 is 0 Å². The van der Waals surface area contributed by atoms with E-state index < -0.39 is 11.9 Å². The molecule has 5 rings (SSSR count). The van der Waals surface area contributed by atoms with Crippen LogP contribution in [0, 0.1) is 5.92 Å². The number of carbonyl (C=O) groups is 2. The maximum absolute atomic E-state index is 14.0. The van der Waals surface area contributed by atoms with Gasteiger partial charge < -0.3 is 24.2 Å². The van der Waals surface area contributed by atoms with E-state index in [4.69, 9.17) is 14.2 Å². The zero-order valence-electron chi connectivity index (χ0n) is 25.3. The summed E-state index contributed by atoms with van der Waals surface area (Å²) in [5.74, 6) is 0.279. The average Bonchev–Trinajstić information content (AvgIpc) is 3.62. The molecular formula is C34H42N3O6+. The lowest BCUT2D eigenvalue weighted by atomic mass is 9.83. The number of carboxylic acids is 1. The van der Waals surface area contributed by atoms with Gasteiger partial charge in [0.1, 0.15) is 18.5 Å². The summed E-state index contributed by atoms with van der Waals surface area (Å²) in [6, 6.07) is 17.2. The molecule has 2 aliphatic heterocycles. The van der Waals surface area contributed by atoms with Crippen molar-refractivity contribution >= 4 is 17.6 Å². The van der Waals surface area contributed by atoms with Gasteiger partial charge in [-0.15, -0.1) is 0 Å². The first-order valence-electron chi connectivity index (χ1n) is 15.1. The minimum atomic E-state index is -0.849. The minimum Gasteiger partial charge on any atom is -0.496 e. The van der Waals surface area contributed by atoms with Crippen LogP contribution in [0.1, 0.15) is 49.7 Å². The van der Waals surface area contributed by atoms with Gasteiger partial charge in [0.05, 0.1) is 19.6 Å². The molecule has 9 heteroatoms. The monoisotopic (exact) mass is 588 g/mol. The Kier molecular flexibility index (Phi) is 9.82. The number of hydrogen-bond acceptors (Lipinski definition) is 6. The number of methoxy groups -OCH3 is 1. The lowest BCUT2D eigenvalue weighted by molar-refractivity contribution is -0.670. The third-order valence-corrected chi connectivity index (χ3v) is 8.61. The Morgan fingerprint density at radius 3 is 2.67 bits per heavy atom. The summed E-state index contributed by atoms with van der Waals surface area (Å²) in [4.78, 5) is 30.9. The van der Waals surface area contributed by atoms with Crippen LogP contribution in [0.25, 0.3) is 0 Å². The average molecular weight is 589 g/mol. The Bertz CT molecular complexity index is 1430. The number of rotatable bonds is 13. The van der Waals surface area contributed by atoms with E-state index in [-0.39, 0.29) is 31.2 Å². The molecule has 0 spiro atoms. The number of likely N-dealkylation sites (tertiary alicyclic amines) is 1. The van der Waals surface area contributed by atoms with Crippen LogP contribution in [0.4, 0.5) is 5.69 Å². The number of nitrogens with zero attached hydrogens (tertiary/aromatic N) is 3. The highest BCUT2D eigenvalue weighted by atomic mass is 16.7. The van der Waals surface area contributed by atoms with Gasteiger partial charge in [0.15, 0.2) is 23.9 Å². The highest BCUT2D eigenvalue weighted by Crippen LogP contribution is 2.43. The second-order valence-corrected chi connectivity index (χ2v) is 11.4. The molecule has 43 heavy (non-hydrogen) atoms. The van der Waals surface area contributed by atoms with Crippen LogP contribution < -0.4 is 23.7 Å². The molecule has 3 atom stereocenters. The first kappa shape index (κ1) is 30.4. The molecule has 1 amide bonds. The molecule has 1 fully saturated rings. The van der Waals surface area contributed by atoms with E-state index in [1.807, 2.05) is 83.5 Å². The molecule has 2 aromatic carbocycles. The molecule has 228 valence electrons. The number of ether oxygens (including phenoxy) is 3. The van der Waals surface area contributed by atoms with Crippen molar-refractivity contribution in [3.05, 3.63) is 78.1 Å². The molecule has 1 saturated heterocycles. The quantitative estimate of drug-likeness (QED) is 0.293. The number of aliphatic carboxylic acids is 1. The number of aryl methyl sites for hydroxylation is 2. The molecule has 0 bridgehead atoms. The zero-order valence-corrected chi connectivity index (χ0v) is 25.3. The fourth-order valence-corrected chi connectivity index (χ4v) is 6.45. The van der Waals surface area contributed by atoms with Crippen molar-refractivity contribution in [1.29, 1.82) is 0 Å². The summed E-state index contributed by atoms with van der Waals surface area (Å²) in [6.45, 7) is 3.49. The third-order valence-electron chi connectivity index (χ3n) is 8.61. The Labute approximate surface area is 253 Å². The Hall–Kier alpha value is -4.11. The molecule has 0 saturated carbocycles. The van der Waals surface area contributed by atoms with Crippen LogP contribution >= 0.6 is 0 Å². The third kappa shape index (κ3) is 6.94. The molecule has 1 N–H and O–H groups in total. The predicted molar refractivity (Wildman–Crippen MR) is 163 cm³/mol. The standard InChI is InChI=1S/C34H41N3O6/c1-4-5-18-37(26-12-9-17-35(2)20-26)32(38)22-36-21-27(25-15-16-30-31(19-25)43-23-42-30)33(34(39)40)28(36)13-8-11-24-10-6-7-14-29(24)41-3/h6-7,9-10,12,14-17,19-20,27-28,33H,4-5,8,11,13,18,21-23H2,1-3H3/p+1/t27-,28+,33-/m1/s1. The highest BCUT2D eigenvalue weighted by molar-refractivity contribution is 5.94. The van der Waals surface area contributed by atoms with Crippen molar-refractivity contribution in [1.82, 2.24) is 4.90 Å². The summed E-state index contributed by atoms with van der Waals surface area (Å²) >= 11 is 0. The number of aromatic nitrogens is 1. The van der Waals surface area contributed by atoms with E-state index in [1.54, 1.807) is 7.11 Å². The molecule has 3 heterocycles. The van der Waals surface area contributed by atoms with Gasteiger partial charge in [-0.25, -0.2) is 4.57 Å². The molecule has 1 aromatic heterocycles. The zero-order chi connectivity index (χ0) is 30.3. The Morgan fingerprint density at radius 1 is 1.09 bits per heavy atom. The fourth-order valence-electron chi connectivity index (χ4n) is 6.45. The van der Waals surface area contributed by atoms with Gasteiger partial charge in [0.2, 0.25) is 12.7 Å². The van der Waals surface area contributed by atoms with E-state index in [0.29, 0.717) is 31.0 Å². The van der Waals surface area contributed by atoms with E-state index in [9.17, 15) is 14.7 Å². The topological polar surface area (TPSA) is 92.4 Å². The number of benzene rings is 2. The number of fused-ring (bicyclic) bond motifs is 1. The van der Waals surface area contributed by atoms with E-state index in [1.165, 1.54) is 0 Å². The molecule has 0 radical (unpaired) electrons. The van der Waals surface area contributed by atoms with Crippen LogP contribution in [0.15, 0.2) is 67.0 Å². The van der Waals surface area contributed by atoms with Gasteiger partial charge in [-0.3, -0.25) is 14.5 Å². The number of pyridine rings is 1. The number of carboxylic acid groups (broad SMARTS) is 1. The number of carbonyl (C=O) groups excluding carboxylic acids is 1. The number of para-hydroxylation sites is 1. The van der Waals surface area contributed by atoms with Crippen molar-refractivity contribution in [3.8, 4) is 17.2 Å².